The molecule has 1 N–H and O–H groups in total. The SMILES string of the molecule is COc1ccc([C@@]2(C)NC(=O)N(CC(=O)N3CCN(C(=O)c4cccs4)CC3)C2=O)cc1OC. The van der Waals surface area contributed by atoms with E-state index in [1.54, 1.807) is 41.0 Å². The van der Waals surface area contributed by atoms with Crippen molar-refractivity contribution in [2.24, 2.45) is 0 Å². The lowest BCUT2D eigenvalue weighted by Gasteiger charge is -2.35. The van der Waals surface area contributed by atoms with Crippen LogP contribution in [-0.4, -0.2) is 85.4 Å². The van der Waals surface area contributed by atoms with Crippen LogP contribution < -0.4 is 14.8 Å². The predicted octanol–water partition coefficient (Wildman–Crippen LogP) is 1.52. The largest absolute Gasteiger partial charge is 0.493 e. The van der Waals surface area contributed by atoms with Gasteiger partial charge in [0.15, 0.2) is 11.5 Å². The van der Waals surface area contributed by atoms with Crippen LogP contribution in [0.1, 0.15) is 22.2 Å². The molecule has 3 heterocycles. The van der Waals surface area contributed by atoms with Gasteiger partial charge in [-0.1, -0.05) is 12.1 Å². The minimum absolute atomic E-state index is 0.0538. The van der Waals surface area contributed by atoms with E-state index in [9.17, 15) is 19.2 Å². The summed E-state index contributed by atoms with van der Waals surface area (Å²) in [6.07, 6.45) is 0. The quantitative estimate of drug-likeness (QED) is 0.621. The number of rotatable bonds is 6. The fraction of sp³-hybridized carbons (Fsp3) is 0.391. The standard InChI is InChI=1S/C23H26N4O6S/c1-23(15-6-7-16(32-2)17(13-15)33-3)21(30)27(22(31)24-23)14-19(28)25-8-10-26(11-9-25)20(29)18-5-4-12-34-18/h4-7,12-13H,8-11,14H2,1-3H3,(H,24,31)/t23-/m1/s1. The maximum atomic E-state index is 13.2. The Morgan fingerprint density at radius 3 is 2.32 bits per heavy atom. The summed E-state index contributed by atoms with van der Waals surface area (Å²) in [6, 6.07) is 7.93. The van der Waals surface area contributed by atoms with Gasteiger partial charge in [0.1, 0.15) is 12.1 Å². The van der Waals surface area contributed by atoms with E-state index in [0.29, 0.717) is 48.1 Å². The summed E-state index contributed by atoms with van der Waals surface area (Å²) in [5.41, 5.74) is -0.831. The van der Waals surface area contributed by atoms with Crippen LogP contribution in [-0.2, 0) is 15.1 Å². The van der Waals surface area contributed by atoms with Gasteiger partial charge in [-0.3, -0.25) is 19.3 Å². The molecule has 1 atom stereocenters. The molecule has 180 valence electrons. The number of urea groups is 1. The molecule has 0 bridgehead atoms. The molecular formula is C23H26N4O6S. The summed E-state index contributed by atoms with van der Waals surface area (Å²) >= 11 is 1.38. The first-order valence-corrected chi connectivity index (χ1v) is 11.6. The average Bonchev–Trinajstić information content (AvgIpc) is 3.47. The summed E-state index contributed by atoms with van der Waals surface area (Å²) in [4.78, 5) is 56.2. The molecule has 2 aromatic rings. The predicted molar refractivity (Wildman–Crippen MR) is 124 cm³/mol. The first-order valence-electron chi connectivity index (χ1n) is 10.8. The maximum absolute atomic E-state index is 13.2. The minimum atomic E-state index is -1.34. The first kappa shape index (κ1) is 23.6. The van der Waals surface area contributed by atoms with Crippen molar-refractivity contribution in [3.63, 3.8) is 0 Å². The van der Waals surface area contributed by atoms with Crippen LogP contribution in [0.4, 0.5) is 4.79 Å². The Morgan fingerprint density at radius 1 is 1.03 bits per heavy atom. The van der Waals surface area contributed by atoms with Gasteiger partial charge in [0.05, 0.1) is 19.1 Å². The van der Waals surface area contributed by atoms with Crippen LogP contribution in [0.5, 0.6) is 11.5 Å². The highest BCUT2D eigenvalue weighted by molar-refractivity contribution is 7.12. The van der Waals surface area contributed by atoms with Gasteiger partial charge in [0.25, 0.3) is 11.8 Å². The Hall–Kier alpha value is -3.60. The van der Waals surface area contributed by atoms with Crippen molar-refractivity contribution >= 4 is 35.1 Å². The zero-order valence-corrected chi connectivity index (χ0v) is 20.0. The van der Waals surface area contributed by atoms with E-state index in [-0.39, 0.29) is 18.4 Å². The average molecular weight is 487 g/mol. The van der Waals surface area contributed by atoms with E-state index < -0.39 is 17.5 Å². The number of methoxy groups -OCH3 is 2. The zero-order valence-electron chi connectivity index (χ0n) is 19.2. The molecule has 1 aromatic heterocycles. The number of hydrogen-bond acceptors (Lipinski definition) is 7. The number of piperazine rings is 1. The molecule has 2 aliphatic rings. The van der Waals surface area contributed by atoms with Gasteiger partial charge in [0.2, 0.25) is 5.91 Å². The Balaban J connectivity index is 1.41. The summed E-state index contributed by atoms with van der Waals surface area (Å²) in [6.45, 7) is 2.69. The molecule has 11 heteroatoms. The highest BCUT2D eigenvalue weighted by atomic mass is 32.1. The molecule has 0 spiro atoms. The van der Waals surface area contributed by atoms with E-state index >= 15 is 0 Å². The van der Waals surface area contributed by atoms with Crippen molar-refractivity contribution in [3.05, 3.63) is 46.2 Å². The molecule has 0 saturated carbocycles. The Bertz CT molecular complexity index is 1110. The van der Waals surface area contributed by atoms with Crippen LogP contribution >= 0.6 is 11.3 Å². The molecule has 0 radical (unpaired) electrons. The molecule has 10 nitrogen and oxygen atoms in total. The molecule has 34 heavy (non-hydrogen) atoms. The van der Waals surface area contributed by atoms with Crippen LogP contribution in [0.15, 0.2) is 35.7 Å². The molecular weight excluding hydrogens is 460 g/mol. The molecule has 2 fully saturated rings. The summed E-state index contributed by atoms with van der Waals surface area (Å²) in [7, 11) is 2.99. The molecule has 0 unspecified atom stereocenters. The van der Waals surface area contributed by atoms with E-state index in [1.165, 1.54) is 25.6 Å². The van der Waals surface area contributed by atoms with Gasteiger partial charge in [0, 0.05) is 26.2 Å². The fourth-order valence-corrected chi connectivity index (χ4v) is 4.82. The Morgan fingerprint density at radius 2 is 1.71 bits per heavy atom. The number of carbonyl (C=O) groups excluding carboxylic acids is 4. The smallest absolute Gasteiger partial charge is 0.325 e. The number of benzene rings is 1. The van der Waals surface area contributed by atoms with Crippen LogP contribution in [0.2, 0.25) is 0 Å². The first-order chi connectivity index (χ1) is 16.3. The lowest BCUT2D eigenvalue weighted by Crippen LogP contribution is -2.53. The Kier molecular flexibility index (Phi) is 6.47. The van der Waals surface area contributed by atoms with Crippen molar-refractivity contribution in [2.75, 3.05) is 46.9 Å². The molecule has 5 amide bonds. The third-order valence-corrected chi connectivity index (χ3v) is 7.04. The second-order valence-electron chi connectivity index (χ2n) is 8.17. The topological polar surface area (TPSA) is 108 Å². The summed E-state index contributed by atoms with van der Waals surface area (Å²) in [5.74, 6) is -0.00197. The highest BCUT2D eigenvalue weighted by Gasteiger charge is 2.50. The van der Waals surface area contributed by atoms with Gasteiger partial charge >= 0.3 is 6.03 Å². The van der Waals surface area contributed by atoms with Crippen LogP contribution in [0.3, 0.4) is 0 Å². The summed E-state index contributed by atoms with van der Waals surface area (Å²) in [5, 5.41) is 4.55. The third-order valence-electron chi connectivity index (χ3n) is 6.18. The summed E-state index contributed by atoms with van der Waals surface area (Å²) < 4.78 is 10.5. The van der Waals surface area contributed by atoms with Crippen molar-refractivity contribution in [3.8, 4) is 11.5 Å². The zero-order chi connectivity index (χ0) is 24.5. The molecule has 2 saturated heterocycles. The van der Waals surface area contributed by atoms with Gasteiger partial charge in [-0.25, -0.2) is 4.79 Å². The minimum Gasteiger partial charge on any atom is -0.493 e. The second-order valence-corrected chi connectivity index (χ2v) is 9.11. The molecule has 4 rings (SSSR count). The fourth-order valence-electron chi connectivity index (χ4n) is 4.13. The van der Waals surface area contributed by atoms with Gasteiger partial charge in [-0.2, -0.15) is 0 Å². The van der Waals surface area contributed by atoms with E-state index in [1.807, 2.05) is 11.4 Å². The van der Waals surface area contributed by atoms with Crippen molar-refractivity contribution in [2.45, 2.75) is 12.5 Å². The van der Waals surface area contributed by atoms with Gasteiger partial charge in [-0.15, -0.1) is 11.3 Å². The number of amides is 5. The lowest BCUT2D eigenvalue weighted by molar-refractivity contribution is -0.139. The van der Waals surface area contributed by atoms with Crippen molar-refractivity contribution in [1.82, 2.24) is 20.0 Å². The lowest BCUT2D eigenvalue weighted by atomic mass is 9.91. The van der Waals surface area contributed by atoms with Crippen molar-refractivity contribution < 1.29 is 28.7 Å². The number of ether oxygens (including phenoxy) is 2. The third kappa shape index (κ3) is 4.18. The van der Waals surface area contributed by atoms with E-state index in [4.69, 9.17) is 9.47 Å². The highest BCUT2D eigenvalue weighted by Crippen LogP contribution is 2.35. The number of hydrogen-bond donors (Lipinski definition) is 1. The second kappa shape index (κ2) is 9.34. The number of thiophene rings is 1. The van der Waals surface area contributed by atoms with Crippen molar-refractivity contribution in [1.29, 1.82) is 0 Å². The number of imide groups is 1. The number of nitrogens with zero attached hydrogens (tertiary/aromatic N) is 3. The molecule has 2 aliphatic heterocycles. The number of carbonyl (C=O) groups is 4. The Labute approximate surface area is 201 Å². The van der Waals surface area contributed by atoms with Crippen LogP contribution in [0, 0.1) is 0 Å². The van der Waals surface area contributed by atoms with E-state index in [0.717, 1.165) is 4.90 Å². The van der Waals surface area contributed by atoms with Gasteiger partial charge in [-0.05, 0) is 36.1 Å². The normalized spacial score (nSPS) is 20.4. The van der Waals surface area contributed by atoms with E-state index in [2.05, 4.69) is 5.32 Å². The maximum Gasteiger partial charge on any atom is 0.325 e. The molecule has 1 aromatic carbocycles. The van der Waals surface area contributed by atoms with Gasteiger partial charge < -0.3 is 24.6 Å². The monoisotopic (exact) mass is 486 g/mol. The number of nitrogens with one attached hydrogen (secondary N) is 1. The molecule has 0 aliphatic carbocycles. The van der Waals surface area contributed by atoms with Crippen LogP contribution in [0.25, 0.3) is 0 Å².